The van der Waals surface area contributed by atoms with E-state index >= 15 is 0 Å². The summed E-state index contributed by atoms with van der Waals surface area (Å²) in [7, 11) is 5.21. The highest BCUT2D eigenvalue weighted by Crippen LogP contribution is 2.45. The summed E-state index contributed by atoms with van der Waals surface area (Å²) < 4.78 is 47.3. The Hall–Kier alpha value is -4.73. The van der Waals surface area contributed by atoms with E-state index in [1.807, 2.05) is 45.0 Å². The molecule has 224 valence electrons. The van der Waals surface area contributed by atoms with Crippen molar-refractivity contribution in [3.63, 3.8) is 0 Å². The number of terminal acetylenes is 1. The van der Waals surface area contributed by atoms with Gasteiger partial charge < -0.3 is 19.1 Å². The third kappa shape index (κ3) is 6.38. The average Bonchev–Trinajstić information content (AvgIpc) is 3.72. The molecule has 1 aliphatic rings. The number of alkyl halides is 3. The summed E-state index contributed by atoms with van der Waals surface area (Å²) in [5, 5.41) is 0. The molecule has 1 aromatic carbocycles. The number of anilines is 2. The quantitative estimate of drug-likeness (QED) is 0.225. The minimum atomic E-state index is -4.53. The summed E-state index contributed by atoms with van der Waals surface area (Å²) >= 11 is 0. The maximum absolute atomic E-state index is 13.4. The van der Waals surface area contributed by atoms with Crippen LogP contribution in [-0.4, -0.2) is 62.2 Å². The number of hydrogen-bond acceptors (Lipinski definition) is 9. The Morgan fingerprint density at radius 1 is 1.05 bits per heavy atom. The molecule has 0 radical (unpaired) electrons. The van der Waals surface area contributed by atoms with Gasteiger partial charge in [0, 0.05) is 44.4 Å². The summed E-state index contributed by atoms with van der Waals surface area (Å²) in [5.74, 6) is 4.75. The van der Waals surface area contributed by atoms with Crippen LogP contribution < -0.4 is 14.5 Å². The molecule has 13 heteroatoms. The van der Waals surface area contributed by atoms with Crippen molar-refractivity contribution in [3.05, 3.63) is 53.7 Å². The van der Waals surface area contributed by atoms with Gasteiger partial charge in [-0.25, -0.2) is 15.0 Å². The summed E-state index contributed by atoms with van der Waals surface area (Å²) in [6.07, 6.45) is 5.77. The molecule has 1 fully saturated rings. The normalized spacial score (nSPS) is 13.2. The predicted octanol–water partition coefficient (Wildman–Crippen LogP) is 5.38. The van der Waals surface area contributed by atoms with E-state index in [1.165, 1.54) is 10.9 Å². The molecule has 1 saturated carbocycles. The Morgan fingerprint density at radius 2 is 1.74 bits per heavy atom. The van der Waals surface area contributed by atoms with E-state index in [4.69, 9.17) is 21.1 Å². The Labute approximate surface area is 248 Å². The molecule has 0 bridgehead atoms. The van der Waals surface area contributed by atoms with Crippen molar-refractivity contribution in [2.75, 3.05) is 37.5 Å². The van der Waals surface area contributed by atoms with E-state index in [1.54, 1.807) is 24.1 Å². The van der Waals surface area contributed by atoms with Gasteiger partial charge in [-0.3, -0.25) is 0 Å². The topological polar surface area (TPSA) is 98.0 Å². The molecule has 0 saturated heterocycles. The maximum Gasteiger partial charge on any atom is 0.434 e. The lowest BCUT2D eigenvalue weighted by atomic mass is 10.1. The largest absolute Gasteiger partial charge is 0.480 e. The number of nitrogens with zero attached hydrogens (tertiary/aromatic N) is 9. The lowest BCUT2D eigenvalue weighted by molar-refractivity contribution is -0.140. The Bertz CT molecular complexity index is 1640. The van der Waals surface area contributed by atoms with Crippen molar-refractivity contribution < 1.29 is 17.9 Å². The number of hydrogen-bond donors (Lipinski definition) is 0. The molecule has 0 amide bonds. The molecule has 3 aromatic heterocycles. The number of ether oxygens (including phenoxy) is 1. The first kappa shape index (κ1) is 29.8. The van der Waals surface area contributed by atoms with Gasteiger partial charge in [-0.05, 0) is 32.3 Å². The highest BCUT2D eigenvalue weighted by atomic mass is 19.4. The third-order valence-corrected chi connectivity index (χ3v) is 6.96. The number of benzene rings is 1. The van der Waals surface area contributed by atoms with Gasteiger partial charge in [-0.1, -0.05) is 30.2 Å². The van der Waals surface area contributed by atoms with Crippen molar-refractivity contribution in [1.82, 2.24) is 34.5 Å². The Morgan fingerprint density at radius 3 is 2.33 bits per heavy atom. The lowest BCUT2D eigenvalue weighted by Crippen LogP contribution is -2.27. The second-order valence-corrected chi connectivity index (χ2v) is 10.8. The molecule has 10 nitrogen and oxygen atoms in total. The van der Waals surface area contributed by atoms with Crippen LogP contribution >= 0.6 is 0 Å². The van der Waals surface area contributed by atoms with Crippen LogP contribution in [0.4, 0.5) is 25.1 Å². The van der Waals surface area contributed by atoms with Crippen LogP contribution in [0.5, 0.6) is 5.88 Å². The van der Waals surface area contributed by atoms with Gasteiger partial charge in [0.05, 0.1) is 19.3 Å². The molecule has 0 N–H and O–H groups in total. The highest BCUT2D eigenvalue weighted by Gasteiger charge is 2.35. The summed E-state index contributed by atoms with van der Waals surface area (Å²) in [5.41, 5.74) is 1.96. The second kappa shape index (κ2) is 11.9. The van der Waals surface area contributed by atoms with Gasteiger partial charge >= 0.3 is 6.18 Å². The number of imidazole rings is 1. The van der Waals surface area contributed by atoms with Gasteiger partial charge in [0.25, 0.3) is 0 Å². The maximum atomic E-state index is 13.4. The monoisotopic (exact) mass is 591 g/mol. The zero-order chi connectivity index (χ0) is 30.9. The zero-order valence-corrected chi connectivity index (χ0v) is 24.6. The van der Waals surface area contributed by atoms with E-state index in [0.717, 1.165) is 30.3 Å². The molecule has 0 spiro atoms. The van der Waals surface area contributed by atoms with E-state index in [2.05, 4.69) is 25.9 Å². The zero-order valence-electron chi connectivity index (χ0n) is 24.6. The molecular formula is C30H32F3N9O. The summed E-state index contributed by atoms with van der Waals surface area (Å²) in [4.78, 5) is 30.5. The minimum absolute atomic E-state index is 0.197. The number of rotatable bonds is 10. The van der Waals surface area contributed by atoms with Crippen LogP contribution in [-0.2, 0) is 12.7 Å². The van der Waals surface area contributed by atoms with Gasteiger partial charge in [0.2, 0.25) is 17.8 Å². The van der Waals surface area contributed by atoms with Gasteiger partial charge in [-0.2, -0.15) is 28.1 Å². The summed E-state index contributed by atoms with van der Waals surface area (Å²) in [6.45, 7) is 4.16. The van der Waals surface area contributed by atoms with Gasteiger partial charge in [-0.15, -0.1) is 6.42 Å². The van der Waals surface area contributed by atoms with Crippen molar-refractivity contribution in [2.45, 2.75) is 51.4 Å². The Kier molecular flexibility index (Phi) is 8.21. The van der Waals surface area contributed by atoms with Gasteiger partial charge in [0.1, 0.15) is 17.7 Å². The van der Waals surface area contributed by atoms with Crippen LogP contribution in [0.25, 0.3) is 22.8 Å². The van der Waals surface area contributed by atoms with E-state index < -0.39 is 11.9 Å². The molecule has 1 aliphatic carbocycles. The number of methoxy groups -OCH3 is 1. The van der Waals surface area contributed by atoms with E-state index in [-0.39, 0.29) is 24.3 Å². The molecule has 5 rings (SSSR count). The van der Waals surface area contributed by atoms with Crippen LogP contribution in [0.15, 0.2) is 36.8 Å². The fourth-order valence-electron chi connectivity index (χ4n) is 4.65. The van der Waals surface area contributed by atoms with Gasteiger partial charge in [0.15, 0.2) is 11.5 Å². The highest BCUT2D eigenvalue weighted by molar-refractivity contribution is 5.68. The smallest absolute Gasteiger partial charge is 0.434 e. The molecule has 43 heavy (non-hydrogen) atoms. The Balaban J connectivity index is 1.50. The standard InChI is InChI=1S/C30H32F3N9O/c1-7-14-41(15-19-8-10-21(11-9-19)26-36-22(30(31,32)33)16-42(26)18(2)3)29-38-25(37-28(39-29)40(4)5)23-24(20-12-13-20)34-17-35-27(23)43-6/h1,8-11,16-18,20H,12-15H2,2-6H3. The van der Waals surface area contributed by atoms with E-state index in [9.17, 15) is 13.2 Å². The molecular weight excluding hydrogens is 559 g/mol. The fourth-order valence-corrected chi connectivity index (χ4v) is 4.65. The minimum Gasteiger partial charge on any atom is -0.480 e. The van der Waals surface area contributed by atoms with Crippen LogP contribution in [0, 0.1) is 12.3 Å². The fraction of sp³-hybridized carbons (Fsp3) is 0.400. The number of halogens is 3. The van der Waals surface area contributed by atoms with Crippen molar-refractivity contribution in [3.8, 4) is 41.0 Å². The van der Waals surface area contributed by atoms with Crippen molar-refractivity contribution in [2.24, 2.45) is 0 Å². The molecule has 0 atom stereocenters. The SMILES string of the molecule is C#CCN(Cc1ccc(-c2nc(C(F)(F)F)cn2C(C)C)cc1)c1nc(-c2c(OC)ncnc2C2CC2)nc(N(C)C)n1. The molecule has 0 aliphatic heterocycles. The average molecular weight is 592 g/mol. The first-order valence-corrected chi connectivity index (χ1v) is 13.8. The molecule has 0 unspecified atom stereocenters. The number of aromatic nitrogens is 7. The van der Waals surface area contributed by atoms with Crippen LogP contribution in [0.2, 0.25) is 0 Å². The van der Waals surface area contributed by atoms with Crippen LogP contribution in [0.3, 0.4) is 0 Å². The van der Waals surface area contributed by atoms with E-state index in [0.29, 0.717) is 41.3 Å². The van der Waals surface area contributed by atoms with Crippen LogP contribution in [0.1, 0.15) is 55.6 Å². The molecule has 3 heterocycles. The predicted molar refractivity (Wildman–Crippen MR) is 157 cm³/mol. The summed E-state index contributed by atoms with van der Waals surface area (Å²) in [6, 6.07) is 6.97. The third-order valence-electron chi connectivity index (χ3n) is 6.96. The molecule has 4 aromatic rings. The van der Waals surface area contributed by atoms with Crippen molar-refractivity contribution >= 4 is 11.9 Å². The second-order valence-electron chi connectivity index (χ2n) is 10.8. The van der Waals surface area contributed by atoms with Crippen molar-refractivity contribution in [1.29, 1.82) is 0 Å². The first-order valence-electron chi connectivity index (χ1n) is 13.8. The lowest BCUT2D eigenvalue weighted by Gasteiger charge is -2.23. The first-order chi connectivity index (χ1) is 20.5.